The molecule has 2 aliphatic rings. The van der Waals surface area contributed by atoms with E-state index in [-0.39, 0.29) is 11.9 Å². The largest absolute Gasteiger partial charge is 0.339 e. The van der Waals surface area contributed by atoms with E-state index in [9.17, 15) is 4.79 Å². The number of rotatable bonds is 4. The van der Waals surface area contributed by atoms with Crippen molar-refractivity contribution in [2.24, 2.45) is 0 Å². The lowest BCUT2D eigenvalue weighted by atomic mass is 9.95. The molecule has 4 rings (SSSR count). The lowest BCUT2D eigenvalue weighted by Gasteiger charge is -2.38. The average molecular weight is 379 g/mol. The van der Waals surface area contributed by atoms with Gasteiger partial charge in [0.15, 0.2) is 0 Å². The number of piperazine rings is 1. The number of nitrogens with zero attached hydrogens (tertiary/aromatic N) is 4. The third-order valence-corrected chi connectivity index (χ3v) is 6.29. The number of fused-ring (bicyclic) bond motifs is 1. The molecule has 5 nitrogen and oxygen atoms in total. The van der Waals surface area contributed by atoms with E-state index >= 15 is 0 Å². The van der Waals surface area contributed by atoms with Crippen LogP contribution < -0.4 is 0 Å². The van der Waals surface area contributed by atoms with Crippen LogP contribution in [-0.2, 0) is 4.79 Å². The summed E-state index contributed by atoms with van der Waals surface area (Å²) < 4.78 is 0. The molecule has 0 N–H and O–H groups in total. The first-order valence-corrected chi connectivity index (χ1v) is 10.4. The van der Waals surface area contributed by atoms with E-state index in [4.69, 9.17) is 0 Å². The van der Waals surface area contributed by atoms with Crippen LogP contribution in [0.3, 0.4) is 0 Å². The van der Waals surface area contributed by atoms with Gasteiger partial charge in [-0.25, -0.2) is 0 Å². The number of aromatic nitrogens is 1. The summed E-state index contributed by atoms with van der Waals surface area (Å²) in [6.45, 7) is 10.7. The molecule has 0 radical (unpaired) electrons. The van der Waals surface area contributed by atoms with Crippen LogP contribution in [0.1, 0.15) is 25.8 Å². The Labute approximate surface area is 167 Å². The van der Waals surface area contributed by atoms with Gasteiger partial charge in [-0.1, -0.05) is 37.3 Å². The van der Waals surface area contributed by atoms with E-state index < -0.39 is 0 Å². The van der Waals surface area contributed by atoms with Crippen molar-refractivity contribution in [2.45, 2.75) is 26.3 Å². The summed E-state index contributed by atoms with van der Waals surface area (Å²) in [5.41, 5.74) is 2.57. The zero-order valence-corrected chi connectivity index (χ0v) is 17.0. The number of pyridine rings is 1. The predicted molar refractivity (Wildman–Crippen MR) is 114 cm³/mol. The van der Waals surface area contributed by atoms with Crippen molar-refractivity contribution in [3.63, 3.8) is 0 Å². The second-order valence-electron chi connectivity index (χ2n) is 7.82. The predicted octanol–water partition coefficient (Wildman–Crippen LogP) is 2.88. The van der Waals surface area contributed by atoms with Crippen molar-refractivity contribution in [2.75, 3.05) is 45.8 Å². The quantitative estimate of drug-likeness (QED) is 0.820. The molecule has 0 aliphatic carbocycles. The Morgan fingerprint density at radius 3 is 2.61 bits per heavy atom. The van der Waals surface area contributed by atoms with E-state index in [2.05, 4.69) is 59.0 Å². The van der Waals surface area contributed by atoms with Gasteiger partial charge in [-0.15, -0.1) is 0 Å². The first-order valence-electron chi connectivity index (χ1n) is 10.4. The Balaban J connectivity index is 1.43. The highest BCUT2D eigenvalue weighted by Gasteiger charge is 2.29. The van der Waals surface area contributed by atoms with Crippen LogP contribution in [0.15, 0.2) is 42.7 Å². The van der Waals surface area contributed by atoms with Crippen molar-refractivity contribution < 1.29 is 4.79 Å². The monoisotopic (exact) mass is 378 g/mol. The summed E-state index contributed by atoms with van der Waals surface area (Å²) >= 11 is 0. The smallest absolute Gasteiger partial charge is 0.239 e. The fourth-order valence-corrected chi connectivity index (χ4v) is 4.36. The summed E-state index contributed by atoms with van der Waals surface area (Å²) in [4.78, 5) is 24.1. The zero-order valence-electron chi connectivity index (χ0n) is 17.0. The highest BCUT2D eigenvalue weighted by atomic mass is 16.2. The molecule has 148 valence electrons. The number of hydrogen-bond acceptors (Lipinski definition) is 4. The van der Waals surface area contributed by atoms with Crippen LogP contribution in [-0.4, -0.2) is 77.4 Å². The number of benzene rings is 1. The van der Waals surface area contributed by atoms with E-state index in [1.165, 1.54) is 21.9 Å². The number of hydrogen-bond donors (Lipinski definition) is 0. The average Bonchev–Trinajstić information content (AvgIpc) is 2.78. The Morgan fingerprint density at radius 1 is 1.11 bits per heavy atom. The molecule has 5 heteroatoms. The molecule has 0 spiro atoms. The molecule has 3 heterocycles. The van der Waals surface area contributed by atoms with E-state index in [0.717, 1.165) is 52.2 Å². The van der Waals surface area contributed by atoms with Gasteiger partial charge in [0.2, 0.25) is 5.91 Å². The third kappa shape index (κ3) is 3.82. The SMILES string of the molecule is CCN1CCN(C(=O)[C@H](C)N2CC=C(c3cncc4ccccc34)CC2)CC1. The molecule has 0 bridgehead atoms. The molecule has 0 saturated carbocycles. The topological polar surface area (TPSA) is 39.7 Å². The normalized spacial score (nSPS) is 20.2. The molecule has 1 aromatic carbocycles. The molecule has 1 saturated heterocycles. The Kier molecular flexibility index (Phi) is 5.74. The van der Waals surface area contributed by atoms with E-state index in [1.54, 1.807) is 0 Å². The minimum atomic E-state index is -0.0587. The number of likely N-dealkylation sites (N-methyl/N-ethyl adjacent to an activating group) is 1. The number of carbonyl (C=O) groups excluding carboxylic acids is 1. The van der Waals surface area contributed by atoms with E-state index in [1.807, 2.05) is 17.3 Å². The van der Waals surface area contributed by atoms with Gasteiger partial charge >= 0.3 is 0 Å². The van der Waals surface area contributed by atoms with Gasteiger partial charge < -0.3 is 9.80 Å². The van der Waals surface area contributed by atoms with Gasteiger partial charge in [-0.05, 0) is 30.8 Å². The fraction of sp³-hybridized carbons (Fsp3) is 0.478. The maximum absolute atomic E-state index is 13.0. The Morgan fingerprint density at radius 2 is 1.89 bits per heavy atom. The molecule has 28 heavy (non-hydrogen) atoms. The van der Waals surface area contributed by atoms with Crippen LogP contribution in [0.4, 0.5) is 0 Å². The van der Waals surface area contributed by atoms with Crippen LogP contribution in [0.5, 0.6) is 0 Å². The Bertz CT molecular complexity index is 865. The maximum atomic E-state index is 13.0. The van der Waals surface area contributed by atoms with Gasteiger partial charge in [-0.3, -0.25) is 14.7 Å². The lowest BCUT2D eigenvalue weighted by Crippen LogP contribution is -2.54. The summed E-state index contributed by atoms with van der Waals surface area (Å²) in [6, 6.07) is 8.36. The second kappa shape index (κ2) is 8.41. The van der Waals surface area contributed by atoms with Gasteiger partial charge in [-0.2, -0.15) is 0 Å². The molecule has 1 aromatic heterocycles. The van der Waals surface area contributed by atoms with Gasteiger partial charge in [0.05, 0.1) is 6.04 Å². The van der Waals surface area contributed by atoms with E-state index in [0.29, 0.717) is 0 Å². The number of carbonyl (C=O) groups is 1. The van der Waals surface area contributed by atoms with Crippen molar-refractivity contribution in [1.82, 2.24) is 19.7 Å². The molecule has 1 amide bonds. The first kappa shape index (κ1) is 19.1. The summed E-state index contributed by atoms with van der Waals surface area (Å²) in [5.74, 6) is 0.277. The lowest BCUT2D eigenvalue weighted by molar-refractivity contribution is -0.138. The number of amides is 1. The van der Waals surface area contributed by atoms with Crippen LogP contribution in [0, 0.1) is 0 Å². The molecule has 2 aliphatic heterocycles. The molecule has 1 fully saturated rings. The van der Waals surface area contributed by atoms with Crippen LogP contribution in [0.25, 0.3) is 16.3 Å². The van der Waals surface area contributed by atoms with Crippen molar-refractivity contribution in [3.8, 4) is 0 Å². The summed E-state index contributed by atoms with van der Waals surface area (Å²) in [7, 11) is 0. The summed E-state index contributed by atoms with van der Waals surface area (Å²) in [6.07, 6.45) is 7.14. The fourth-order valence-electron chi connectivity index (χ4n) is 4.36. The summed E-state index contributed by atoms with van der Waals surface area (Å²) in [5, 5.41) is 2.44. The zero-order chi connectivity index (χ0) is 19.5. The molecule has 1 atom stereocenters. The highest BCUT2D eigenvalue weighted by Crippen LogP contribution is 2.29. The molecule has 2 aromatic rings. The Hall–Kier alpha value is -2.24. The minimum absolute atomic E-state index is 0.0587. The van der Waals surface area contributed by atoms with Gasteiger partial charge in [0.1, 0.15) is 0 Å². The van der Waals surface area contributed by atoms with Crippen molar-refractivity contribution in [1.29, 1.82) is 0 Å². The van der Waals surface area contributed by atoms with Crippen molar-refractivity contribution in [3.05, 3.63) is 48.3 Å². The second-order valence-corrected chi connectivity index (χ2v) is 7.82. The maximum Gasteiger partial charge on any atom is 0.239 e. The third-order valence-electron chi connectivity index (χ3n) is 6.29. The highest BCUT2D eigenvalue weighted by molar-refractivity contribution is 5.93. The van der Waals surface area contributed by atoms with Crippen LogP contribution in [0.2, 0.25) is 0 Å². The van der Waals surface area contributed by atoms with Crippen LogP contribution >= 0.6 is 0 Å². The molecular weight excluding hydrogens is 348 g/mol. The molecular formula is C23H30N4O. The van der Waals surface area contributed by atoms with Gasteiger partial charge in [0, 0.05) is 62.6 Å². The standard InChI is InChI=1S/C23H30N4O/c1-3-25-12-14-27(15-13-25)23(28)18(2)26-10-8-19(9-11-26)22-17-24-16-20-6-4-5-7-21(20)22/h4-8,16-18H,3,9-15H2,1-2H3/t18-/m0/s1. The van der Waals surface area contributed by atoms with Gasteiger partial charge in [0.25, 0.3) is 0 Å². The minimum Gasteiger partial charge on any atom is -0.339 e. The molecule has 0 unspecified atom stereocenters. The van der Waals surface area contributed by atoms with Crippen molar-refractivity contribution >= 4 is 22.3 Å². The first-order chi connectivity index (χ1) is 13.7.